The summed E-state index contributed by atoms with van der Waals surface area (Å²) in [5.74, 6) is 1.38. The molecule has 0 saturated heterocycles. The van der Waals surface area contributed by atoms with Gasteiger partial charge >= 0.3 is 6.09 Å². The van der Waals surface area contributed by atoms with Gasteiger partial charge in [-0.3, -0.25) is 5.32 Å². The second kappa shape index (κ2) is 8.77. The van der Waals surface area contributed by atoms with Gasteiger partial charge in [0.15, 0.2) is 0 Å². The summed E-state index contributed by atoms with van der Waals surface area (Å²) in [6, 6.07) is 7.73. The van der Waals surface area contributed by atoms with Crippen LogP contribution in [0.1, 0.15) is 41.5 Å². The number of hydrogen-bond acceptors (Lipinski definition) is 4. The van der Waals surface area contributed by atoms with E-state index in [0.29, 0.717) is 24.3 Å². The van der Waals surface area contributed by atoms with Crippen molar-refractivity contribution >= 4 is 11.8 Å². The first kappa shape index (κ1) is 19.3. The van der Waals surface area contributed by atoms with Crippen molar-refractivity contribution in [3.63, 3.8) is 0 Å². The quantitative estimate of drug-likeness (QED) is 0.744. The molecular formula is C18H30N2O3. The first-order valence-corrected chi connectivity index (χ1v) is 8.13. The van der Waals surface area contributed by atoms with E-state index in [1.54, 1.807) is 12.1 Å². The summed E-state index contributed by atoms with van der Waals surface area (Å²) in [5.41, 5.74) is 0.172. The van der Waals surface area contributed by atoms with Crippen LogP contribution >= 0.6 is 0 Å². The fraction of sp³-hybridized carbons (Fsp3) is 0.611. The van der Waals surface area contributed by atoms with E-state index in [1.807, 2.05) is 32.9 Å². The minimum Gasteiger partial charge on any atom is -0.492 e. The van der Waals surface area contributed by atoms with Gasteiger partial charge in [-0.1, -0.05) is 13.8 Å². The van der Waals surface area contributed by atoms with Crippen molar-refractivity contribution in [1.29, 1.82) is 0 Å². The van der Waals surface area contributed by atoms with Crippen LogP contribution in [0.3, 0.4) is 0 Å². The molecule has 1 rings (SSSR count). The summed E-state index contributed by atoms with van der Waals surface area (Å²) in [6.07, 6.45) is -0.460. The second-order valence-electron chi connectivity index (χ2n) is 6.99. The third-order valence-corrected chi connectivity index (χ3v) is 3.34. The zero-order chi connectivity index (χ0) is 17.5. The molecule has 1 aromatic rings. The molecule has 23 heavy (non-hydrogen) atoms. The van der Waals surface area contributed by atoms with E-state index in [1.165, 1.54) is 0 Å². The highest BCUT2D eigenvalue weighted by molar-refractivity contribution is 5.84. The Morgan fingerprint density at radius 1 is 1.13 bits per heavy atom. The Hall–Kier alpha value is -1.75. The Bertz CT molecular complexity index is 478. The lowest BCUT2D eigenvalue weighted by molar-refractivity contribution is 0.0636. The molecule has 0 aliphatic rings. The standard InChI is InChI=1S/C18H30N2O3/c1-13(2)14(3)19-11-12-22-16-9-7-15(8-10-16)20-17(21)23-18(4,5)6/h7-10,13-14,19H,11-12H2,1-6H3,(H,20,21). The van der Waals surface area contributed by atoms with Crippen molar-refractivity contribution < 1.29 is 14.3 Å². The molecule has 1 unspecified atom stereocenters. The predicted molar refractivity (Wildman–Crippen MR) is 94.1 cm³/mol. The Morgan fingerprint density at radius 3 is 2.26 bits per heavy atom. The Kier molecular flexibility index (Phi) is 7.36. The molecular weight excluding hydrogens is 292 g/mol. The van der Waals surface area contributed by atoms with Gasteiger partial charge in [-0.25, -0.2) is 4.79 Å². The van der Waals surface area contributed by atoms with Gasteiger partial charge in [-0.15, -0.1) is 0 Å². The number of amides is 1. The molecule has 2 N–H and O–H groups in total. The molecule has 0 spiro atoms. The normalized spacial score (nSPS) is 12.8. The van der Waals surface area contributed by atoms with Gasteiger partial charge in [0.2, 0.25) is 0 Å². The molecule has 0 heterocycles. The zero-order valence-corrected chi connectivity index (χ0v) is 15.1. The monoisotopic (exact) mass is 322 g/mol. The maximum absolute atomic E-state index is 11.7. The molecule has 130 valence electrons. The minimum absolute atomic E-state index is 0.460. The third-order valence-electron chi connectivity index (χ3n) is 3.34. The predicted octanol–water partition coefficient (Wildman–Crippen LogP) is 4.05. The van der Waals surface area contributed by atoms with Gasteiger partial charge in [0.1, 0.15) is 18.0 Å². The van der Waals surface area contributed by atoms with Gasteiger partial charge in [0, 0.05) is 18.3 Å². The lowest BCUT2D eigenvalue weighted by atomic mass is 10.1. The van der Waals surface area contributed by atoms with Crippen LogP contribution in [0, 0.1) is 5.92 Å². The molecule has 0 bridgehead atoms. The van der Waals surface area contributed by atoms with Crippen molar-refractivity contribution in [1.82, 2.24) is 5.32 Å². The topological polar surface area (TPSA) is 59.6 Å². The van der Waals surface area contributed by atoms with Crippen LogP contribution < -0.4 is 15.4 Å². The number of nitrogens with one attached hydrogen (secondary N) is 2. The molecule has 1 aromatic carbocycles. The Labute approximate surface area is 139 Å². The Morgan fingerprint density at radius 2 is 1.74 bits per heavy atom. The van der Waals surface area contributed by atoms with Crippen molar-refractivity contribution in [2.75, 3.05) is 18.5 Å². The second-order valence-corrected chi connectivity index (χ2v) is 6.99. The van der Waals surface area contributed by atoms with Crippen LogP contribution in [-0.4, -0.2) is 30.9 Å². The summed E-state index contributed by atoms with van der Waals surface area (Å²) in [7, 11) is 0. The minimum atomic E-state index is -0.507. The van der Waals surface area contributed by atoms with E-state index in [2.05, 4.69) is 31.4 Å². The van der Waals surface area contributed by atoms with Gasteiger partial charge < -0.3 is 14.8 Å². The van der Waals surface area contributed by atoms with E-state index in [0.717, 1.165) is 12.3 Å². The van der Waals surface area contributed by atoms with Gasteiger partial charge in [0.05, 0.1) is 0 Å². The molecule has 0 aromatic heterocycles. The number of hydrogen-bond donors (Lipinski definition) is 2. The smallest absolute Gasteiger partial charge is 0.412 e. The van der Waals surface area contributed by atoms with Crippen LogP contribution in [0.2, 0.25) is 0 Å². The van der Waals surface area contributed by atoms with Crippen LogP contribution in [-0.2, 0) is 4.74 Å². The average Bonchev–Trinajstić information content (AvgIpc) is 2.42. The number of rotatable bonds is 7. The molecule has 0 radical (unpaired) electrons. The SMILES string of the molecule is CC(C)C(C)NCCOc1ccc(NC(=O)OC(C)(C)C)cc1. The van der Waals surface area contributed by atoms with E-state index >= 15 is 0 Å². The number of ether oxygens (including phenoxy) is 2. The van der Waals surface area contributed by atoms with Crippen molar-refractivity contribution in [2.24, 2.45) is 5.92 Å². The molecule has 5 nitrogen and oxygen atoms in total. The first-order chi connectivity index (χ1) is 10.7. The molecule has 5 heteroatoms. The molecule has 1 amide bonds. The van der Waals surface area contributed by atoms with Gasteiger partial charge in [0.25, 0.3) is 0 Å². The highest BCUT2D eigenvalue weighted by atomic mass is 16.6. The molecule has 0 saturated carbocycles. The van der Waals surface area contributed by atoms with Crippen LogP contribution in [0.25, 0.3) is 0 Å². The maximum atomic E-state index is 11.7. The molecule has 0 aliphatic carbocycles. The van der Waals surface area contributed by atoms with Crippen molar-refractivity contribution in [2.45, 2.75) is 53.2 Å². The number of carbonyl (C=O) groups is 1. The third kappa shape index (κ3) is 8.45. The van der Waals surface area contributed by atoms with Crippen LogP contribution in [0.5, 0.6) is 5.75 Å². The van der Waals surface area contributed by atoms with E-state index < -0.39 is 11.7 Å². The van der Waals surface area contributed by atoms with Gasteiger partial charge in [-0.05, 0) is 57.9 Å². The summed E-state index contributed by atoms with van der Waals surface area (Å²) in [5, 5.41) is 6.10. The van der Waals surface area contributed by atoms with E-state index in [9.17, 15) is 4.79 Å². The average molecular weight is 322 g/mol. The lowest BCUT2D eigenvalue weighted by Gasteiger charge is -2.19. The maximum Gasteiger partial charge on any atom is 0.412 e. The molecule has 1 atom stereocenters. The number of anilines is 1. The van der Waals surface area contributed by atoms with Crippen LogP contribution in [0.15, 0.2) is 24.3 Å². The van der Waals surface area contributed by atoms with Crippen LogP contribution in [0.4, 0.5) is 10.5 Å². The number of benzene rings is 1. The summed E-state index contributed by atoms with van der Waals surface area (Å²) >= 11 is 0. The summed E-state index contributed by atoms with van der Waals surface area (Å²) < 4.78 is 10.9. The van der Waals surface area contributed by atoms with Crippen molar-refractivity contribution in [3.05, 3.63) is 24.3 Å². The fourth-order valence-corrected chi connectivity index (χ4v) is 1.75. The lowest BCUT2D eigenvalue weighted by Crippen LogP contribution is -2.33. The highest BCUT2D eigenvalue weighted by Gasteiger charge is 2.16. The highest BCUT2D eigenvalue weighted by Crippen LogP contribution is 2.17. The summed E-state index contributed by atoms with van der Waals surface area (Å²) in [6.45, 7) is 13.5. The fourth-order valence-electron chi connectivity index (χ4n) is 1.75. The van der Waals surface area contributed by atoms with E-state index in [-0.39, 0.29) is 0 Å². The first-order valence-electron chi connectivity index (χ1n) is 8.13. The zero-order valence-electron chi connectivity index (χ0n) is 15.1. The largest absolute Gasteiger partial charge is 0.492 e. The molecule has 0 aliphatic heterocycles. The summed E-state index contributed by atoms with van der Waals surface area (Å²) in [4.78, 5) is 11.7. The Balaban J connectivity index is 2.35. The van der Waals surface area contributed by atoms with Crippen molar-refractivity contribution in [3.8, 4) is 5.75 Å². The van der Waals surface area contributed by atoms with E-state index in [4.69, 9.17) is 9.47 Å². The number of carbonyl (C=O) groups excluding carboxylic acids is 1. The van der Waals surface area contributed by atoms with Gasteiger partial charge in [-0.2, -0.15) is 0 Å². The molecule has 0 fully saturated rings.